The van der Waals surface area contributed by atoms with E-state index in [0.717, 1.165) is 23.1 Å². The van der Waals surface area contributed by atoms with Crippen molar-refractivity contribution in [1.82, 2.24) is 0 Å². The van der Waals surface area contributed by atoms with E-state index in [2.05, 4.69) is 18.2 Å². The molecule has 0 fully saturated rings. The second-order valence-electron chi connectivity index (χ2n) is 6.17. The number of aliphatic hydroxyl groups excluding tert-OH is 1. The Morgan fingerprint density at radius 3 is 2.00 bits per heavy atom. The Balaban J connectivity index is 1.62. The van der Waals surface area contributed by atoms with Crippen molar-refractivity contribution in [1.29, 1.82) is 0 Å². The first kappa shape index (κ1) is 16.9. The van der Waals surface area contributed by atoms with Crippen LogP contribution in [0.25, 0.3) is 0 Å². The van der Waals surface area contributed by atoms with Crippen LogP contribution in [0.2, 0.25) is 0 Å². The monoisotopic (exact) mass is 324 g/mol. The molecule has 0 spiro atoms. The van der Waals surface area contributed by atoms with Crippen molar-refractivity contribution in [3.63, 3.8) is 0 Å². The smallest absolute Gasteiger partial charge is 0.108 e. The minimum absolute atomic E-state index is 0.0569. The number of hydrogen-bond donors (Lipinski definition) is 1. The Morgan fingerprint density at radius 1 is 0.917 bits per heavy atom. The van der Waals surface area contributed by atoms with Crippen LogP contribution in [0.3, 0.4) is 0 Å². The molecule has 0 amide bonds. The molecule has 0 aromatic heterocycles. The van der Waals surface area contributed by atoms with Gasteiger partial charge in [0.2, 0.25) is 0 Å². The molecular formula is C21H24O3. The molecule has 0 aliphatic heterocycles. The second-order valence-corrected chi connectivity index (χ2v) is 6.17. The number of hydrogen-bond acceptors (Lipinski definition) is 3. The van der Waals surface area contributed by atoms with Gasteiger partial charge in [-0.3, -0.25) is 0 Å². The van der Waals surface area contributed by atoms with E-state index in [1.54, 1.807) is 6.92 Å². The van der Waals surface area contributed by atoms with Crippen LogP contribution in [0, 0.1) is 0 Å². The van der Waals surface area contributed by atoms with Gasteiger partial charge < -0.3 is 14.6 Å². The maximum atomic E-state index is 10.0. The molecule has 0 saturated carbocycles. The third kappa shape index (κ3) is 4.32. The normalized spacial score (nSPS) is 21.5. The first-order chi connectivity index (χ1) is 11.7. The standard InChI is InChI=1S/C21H24O3/c1-16(22)19-12-13-20(23-14-17-8-4-2-5-9-17)21(19)24-15-18-10-6-3-7-11-18/h2-12,16,20-22H,13-15H2,1H3. The van der Waals surface area contributed by atoms with Gasteiger partial charge in [-0.2, -0.15) is 0 Å². The van der Waals surface area contributed by atoms with E-state index in [-0.39, 0.29) is 12.2 Å². The SMILES string of the molecule is CC(O)C1=CCC(OCc2ccccc2)C1OCc1ccccc1. The van der Waals surface area contributed by atoms with Crippen LogP contribution < -0.4 is 0 Å². The van der Waals surface area contributed by atoms with Gasteiger partial charge in [0.15, 0.2) is 0 Å². The highest BCUT2D eigenvalue weighted by Gasteiger charge is 2.33. The van der Waals surface area contributed by atoms with E-state index < -0.39 is 6.10 Å². The molecule has 24 heavy (non-hydrogen) atoms. The summed E-state index contributed by atoms with van der Waals surface area (Å²) in [5, 5.41) is 10.0. The van der Waals surface area contributed by atoms with Gasteiger partial charge in [-0.1, -0.05) is 66.7 Å². The summed E-state index contributed by atoms with van der Waals surface area (Å²) < 4.78 is 12.2. The van der Waals surface area contributed by atoms with Crippen molar-refractivity contribution in [2.45, 2.75) is 44.9 Å². The van der Waals surface area contributed by atoms with Crippen LogP contribution in [0.1, 0.15) is 24.5 Å². The molecule has 2 aromatic rings. The summed E-state index contributed by atoms with van der Waals surface area (Å²) in [6.07, 6.45) is 2.05. The molecule has 0 heterocycles. The summed E-state index contributed by atoms with van der Waals surface area (Å²) in [7, 11) is 0. The third-order valence-electron chi connectivity index (χ3n) is 4.31. The van der Waals surface area contributed by atoms with E-state index in [4.69, 9.17) is 9.47 Å². The highest BCUT2D eigenvalue weighted by Crippen LogP contribution is 2.29. The van der Waals surface area contributed by atoms with Gasteiger partial charge in [0.05, 0.1) is 25.4 Å². The van der Waals surface area contributed by atoms with Crippen LogP contribution in [0.5, 0.6) is 0 Å². The summed E-state index contributed by atoms with van der Waals surface area (Å²) in [6.45, 7) is 2.85. The van der Waals surface area contributed by atoms with Crippen LogP contribution in [0.4, 0.5) is 0 Å². The first-order valence-electron chi connectivity index (χ1n) is 8.43. The predicted molar refractivity (Wildman–Crippen MR) is 94.4 cm³/mol. The van der Waals surface area contributed by atoms with E-state index in [0.29, 0.717) is 13.2 Å². The highest BCUT2D eigenvalue weighted by atomic mass is 16.5. The van der Waals surface area contributed by atoms with Crippen LogP contribution in [-0.2, 0) is 22.7 Å². The van der Waals surface area contributed by atoms with Crippen molar-refractivity contribution in [2.75, 3.05) is 0 Å². The van der Waals surface area contributed by atoms with E-state index in [9.17, 15) is 5.11 Å². The lowest BCUT2D eigenvalue weighted by Gasteiger charge is -2.25. The topological polar surface area (TPSA) is 38.7 Å². The quantitative estimate of drug-likeness (QED) is 0.786. The largest absolute Gasteiger partial charge is 0.389 e. The average Bonchev–Trinajstić information content (AvgIpc) is 3.03. The Morgan fingerprint density at radius 2 is 1.46 bits per heavy atom. The maximum absolute atomic E-state index is 10.0. The molecule has 3 atom stereocenters. The lowest BCUT2D eigenvalue weighted by atomic mass is 10.1. The van der Waals surface area contributed by atoms with Crippen LogP contribution in [-0.4, -0.2) is 23.4 Å². The second kappa shape index (κ2) is 8.25. The molecule has 3 nitrogen and oxygen atoms in total. The minimum atomic E-state index is -0.518. The van der Waals surface area contributed by atoms with Crippen LogP contribution >= 0.6 is 0 Å². The number of rotatable bonds is 7. The molecule has 1 aliphatic carbocycles. The summed E-state index contributed by atoms with van der Waals surface area (Å²) >= 11 is 0. The fraction of sp³-hybridized carbons (Fsp3) is 0.333. The van der Waals surface area contributed by atoms with Gasteiger partial charge >= 0.3 is 0 Å². The molecular weight excluding hydrogens is 300 g/mol. The Kier molecular flexibility index (Phi) is 5.81. The summed E-state index contributed by atoms with van der Waals surface area (Å²) in [5.74, 6) is 0. The molecule has 0 saturated heterocycles. The molecule has 3 rings (SSSR count). The minimum Gasteiger partial charge on any atom is -0.389 e. The van der Waals surface area contributed by atoms with Gasteiger partial charge in [0.1, 0.15) is 6.10 Å². The molecule has 3 unspecified atom stereocenters. The molecule has 2 aromatic carbocycles. The summed E-state index contributed by atoms with van der Waals surface area (Å²) in [6, 6.07) is 20.2. The summed E-state index contributed by atoms with van der Waals surface area (Å²) in [5.41, 5.74) is 3.19. The fourth-order valence-corrected chi connectivity index (χ4v) is 3.01. The number of ether oxygens (including phenoxy) is 2. The van der Waals surface area contributed by atoms with Crippen molar-refractivity contribution in [2.24, 2.45) is 0 Å². The fourth-order valence-electron chi connectivity index (χ4n) is 3.01. The maximum Gasteiger partial charge on any atom is 0.108 e. The van der Waals surface area contributed by atoms with E-state index in [1.165, 1.54) is 0 Å². The van der Waals surface area contributed by atoms with Crippen molar-refractivity contribution < 1.29 is 14.6 Å². The lowest BCUT2D eigenvalue weighted by Crippen LogP contribution is -2.32. The van der Waals surface area contributed by atoms with E-state index >= 15 is 0 Å². The Hall–Kier alpha value is -1.94. The first-order valence-corrected chi connectivity index (χ1v) is 8.43. The van der Waals surface area contributed by atoms with Crippen LogP contribution in [0.15, 0.2) is 72.3 Å². The number of aliphatic hydroxyl groups is 1. The Labute approximate surface area is 143 Å². The molecule has 3 heteroatoms. The van der Waals surface area contributed by atoms with Gasteiger partial charge in [0.25, 0.3) is 0 Å². The van der Waals surface area contributed by atoms with Crippen molar-refractivity contribution in [3.8, 4) is 0 Å². The van der Waals surface area contributed by atoms with Gasteiger partial charge in [-0.15, -0.1) is 0 Å². The molecule has 1 aliphatic rings. The zero-order chi connectivity index (χ0) is 16.8. The molecule has 126 valence electrons. The van der Waals surface area contributed by atoms with Crippen molar-refractivity contribution in [3.05, 3.63) is 83.4 Å². The molecule has 0 radical (unpaired) electrons. The summed E-state index contributed by atoms with van der Waals surface area (Å²) in [4.78, 5) is 0. The Bertz CT molecular complexity index is 649. The molecule has 1 N–H and O–H groups in total. The zero-order valence-corrected chi connectivity index (χ0v) is 14.0. The average molecular weight is 324 g/mol. The van der Waals surface area contributed by atoms with Gasteiger partial charge in [-0.05, 0) is 30.0 Å². The zero-order valence-electron chi connectivity index (χ0n) is 14.0. The van der Waals surface area contributed by atoms with Gasteiger partial charge in [0, 0.05) is 0 Å². The third-order valence-corrected chi connectivity index (χ3v) is 4.31. The molecule has 0 bridgehead atoms. The predicted octanol–water partition coefficient (Wildman–Crippen LogP) is 3.87. The van der Waals surface area contributed by atoms with Gasteiger partial charge in [-0.25, -0.2) is 0 Å². The van der Waals surface area contributed by atoms with Crippen molar-refractivity contribution >= 4 is 0 Å². The van der Waals surface area contributed by atoms with E-state index in [1.807, 2.05) is 48.5 Å². The number of benzene rings is 2. The highest BCUT2D eigenvalue weighted by molar-refractivity contribution is 5.23. The lowest BCUT2D eigenvalue weighted by molar-refractivity contribution is -0.0652.